The van der Waals surface area contributed by atoms with Crippen molar-refractivity contribution in [1.82, 2.24) is 0 Å². The Morgan fingerprint density at radius 1 is 0.737 bits per heavy atom. The van der Waals surface area contributed by atoms with Crippen LogP contribution in [-0.4, -0.2) is 0 Å². The fourth-order valence-electron chi connectivity index (χ4n) is 2.27. The first kappa shape index (κ1) is 12.4. The van der Waals surface area contributed by atoms with Gasteiger partial charge in [-0.3, -0.25) is 0 Å². The third-order valence-corrected chi connectivity index (χ3v) is 5.63. The molecule has 2 aromatic carbocycles. The molecule has 0 aromatic heterocycles. The van der Waals surface area contributed by atoms with Crippen LogP contribution in [0.15, 0.2) is 84.2 Å². The van der Waals surface area contributed by atoms with Gasteiger partial charge in [0.15, 0.2) is 0 Å². The normalized spacial score (nSPS) is 14.5. The molecule has 1 heteroatoms. The van der Waals surface area contributed by atoms with Gasteiger partial charge in [0.25, 0.3) is 0 Å². The molecule has 3 rings (SSSR count). The highest BCUT2D eigenvalue weighted by Gasteiger charge is 2.18. The second-order valence-corrected chi connectivity index (χ2v) is 6.69. The molecule has 0 fully saturated rings. The van der Waals surface area contributed by atoms with Crippen molar-refractivity contribution in [3.05, 3.63) is 90.6 Å². The molecule has 93 valence electrons. The zero-order valence-electron chi connectivity index (χ0n) is 10.7. The van der Waals surface area contributed by atoms with Crippen LogP contribution in [-0.2, 0) is 0 Å². The van der Waals surface area contributed by atoms with Crippen LogP contribution in [0.1, 0.15) is 6.42 Å². The molecule has 0 aliphatic heterocycles. The molecule has 0 bridgehead atoms. The Morgan fingerprint density at radius 3 is 1.79 bits per heavy atom. The minimum atomic E-state index is -0.415. The number of hydrogen-bond acceptors (Lipinski definition) is 0. The molecule has 0 saturated carbocycles. The molecule has 0 heterocycles. The Labute approximate surface area is 116 Å². The van der Waals surface area contributed by atoms with Gasteiger partial charge < -0.3 is 0 Å². The number of benzene rings is 2. The van der Waals surface area contributed by atoms with E-state index < -0.39 is 7.92 Å². The zero-order chi connectivity index (χ0) is 12.9. The SMILES string of the molecule is [CH]1CC=CC=C1P(c1ccccc1)c1ccccc1. The molecule has 1 radical (unpaired) electrons. The summed E-state index contributed by atoms with van der Waals surface area (Å²) in [6.45, 7) is 0. The molecule has 1 aliphatic rings. The number of rotatable bonds is 3. The van der Waals surface area contributed by atoms with Crippen molar-refractivity contribution in [3.63, 3.8) is 0 Å². The summed E-state index contributed by atoms with van der Waals surface area (Å²) in [6.07, 6.45) is 10.0. The lowest BCUT2D eigenvalue weighted by Crippen LogP contribution is -2.13. The van der Waals surface area contributed by atoms with Crippen LogP contribution in [0.2, 0.25) is 0 Å². The topological polar surface area (TPSA) is 0 Å². The van der Waals surface area contributed by atoms with Crippen molar-refractivity contribution >= 4 is 18.5 Å². The molecule has 0 N–H and O–H groups in total. The summed E-state index contributed by atoms with van der Waals surface area (Å²) in [5, 5.41) is 4.29. The van der Waals surface area contributed by atoms with Crippen LogP contribution in [0.3, 0.4) is 0 Å². The molecule has 2 aromatic rings. The zero-order valence-corrected chi connectivity index (χ0v) is 11.6. The van der Waals surface area contributed by atoms with E-state index in [4.69, 9.17) is 0 Å². The molecule has 1 aliphatic carbocycles. The highest BCUT2D eigenvalue weighted by molar-refractivity contribution is 7.77. The van der Waals surface area contributed by atoms with Crippen molar-refractivity contribution in [1.29, 1.82) is 0 Å². The van der Waals surface area contributed by atoms with E-state index in [0.717, 1.165) is 6.42 Å². The van der Waals surface area contributed by atoms with Crippen LogP contribution in [0, 0.1) is 6.42 Å². The van der Waals surface area contributed by atoms with E-state index in [1.165, 1.54) is 15.9 Å². The van der Waals surface area contributed by atoms with Gasteiger partial charge in [-0.05, 0) is 36.7 Å². The van der Waals surface area contributed by atoms with Crippen molar-refractivity contribution < 1.29 is 0 Å². The Kier molecular flexibility index (Phi) is 3.91. The molecule has 0 nitrogen and oxygen atoms in total. The first-order valence-electron chi connectivity index (χ1n) is 6.55. The quantitative estimate of drug-likeness (QED) is 0.729. The maximum atomic E-state index is 2.35. The van der Waals surface area contributed by atoms with Gasteiger partial charge in [0, 0.05) is 0 Å². The van der Waals surface area contributed by atoms with E-state index in [1.54, 1.807) is 0 Å². The summed E-state index contributed by atoms with van der Waals surface area (Å²) in [6, 6.07) is 21.7. The van der Waals surface area contributed by atoms with E-state index in [9.17, 15) is 0 Å². The summed E-state index contributed by atoms with van der Waals surface area (Å²) in [7, 11) is -0.415. The molecular weight excluding hydrogens is 247 g/mol. The standard InChI is InChI=1S/C18H16P/c1-4-10-16(11-5-1)19(17-12-6-2-7-13-17)18-14-8-3-9-15-18/h1-8,10-15H,9H2. The first-order chi connectivity index (χ1) is 9.45. The second-order valence-electron chi connectivity index (χ2n) is 4.47. The van der Waals surface area contributed by atoms with Gasteiger partial charge in [-0.15, -0.1) is 0 Å². The minimum Gasteiger partial charge on any atom is -0.0839 e. The molecule has 0 spiro atoms. The second kappa shape index (κ2) is 5.99. The van der Waals surface area contributed by atoms with Gasteiger partial charge in [0.1, 0.15) is 0 Å². The average Bonchev–Trinajstić information content (AvgIpc) is 2.51. The highest BCUT2D eigenvalue weighted by Crippen LogP contribution is 2.45. The molecular formula is C18H16P. The van der Waals surface area contributed by atoms with Crippen molar-refractivity contribution in [2.45, 2.75) is 6.42 Å². The summed E-state index contributed by atoms with van der Waals surface area (Å²) in [5.74, 6) is 0. The van der Waals surface area contributed by atoms with Gasteiger partial charge >= 0.3 is 0 Å². The van der Waals surface area contributed by atoms with E-state index in [2.05, 4.69) is 85.3 Å². The largest absolute Gasteiger partial charge is 0.0839 e. The molecule has 0 unspecified atom stereocenters. The average molecular weight is 263 g/mol. The minimum absolute atomic E-state index is 0.415. The van der Waals surface area contributed by atoms with Gasteiger partial charge in [-0.1, -0.05) is 78.9 Å². The fourth-order valence-corrected chi connectivity index (χ4v) is 4.63. The predicted octanol–water partition coefficient (Wildman–Crippen LogP) is 4.17. The molecule has 0 saturated heterocycles. The lowest BCUT2D eigenvalue weighted by molar-refractivity contribution is 1.25. The van der Waals surface area contributed by atoms with Gasteiger partial charge in [0.05, 0.1) is 0 Å². The van der Waals surface area contributed by atoms with E-state index in [-0.39, 0.29) is 0 Å². The summed E-state index contributed by atoms with van der Waals surface area (Å²) >= 11 is 0. The van der Waals surface area contributed by atoms with Gasteiger partial charge in [-0.25, -0.2) is 0 Å². The van der Waals surface area contributed by atoms with E-state index in [0.29, 0.717) is 0 Å². The van der Waals surface area contributed by atoms with Crippen LogP contribution >= 0.6 is 7.92 Å². The van der Waals surface area contributed by atoms with Crippen LogP contribution in [0.4, 0.5) is 0 Å². The molecule has 0 amide bonds. The lowest BCUT2D eigenvalue weighted by atomic mass is 10.2. The van der Waals surface area contributed by atoms with E-state index in [1.807, 2.05) is 0 Å². The number of hydrogen-bond donors (Lipinski definition) is 0. The van der Waals surface area contributed by atoms with Crippen molar-refractivity contribution in [2.24, 2.45) is 0 Å². The third kappa shape index (κ3) is 2.85. The Hall–Kier alpha value is -1.65. The van der Waals surface area contributed by atoms with E-state index >= 15 is 0 Å². The molecule has 0 atom stereocenters. The Bertz CT molecular complexity index is 542. The monoisotopic (exact) mass is 263 g/mol. The predicted molar refractivity (Wildman–Crippen MR) is 85.2 cm³/mol. The number of allylic oxidation sites excluding steroid dienone is 4. The smallest absolute Gasteiger partial charge is 0.00441 e. The van der Waals surface area contributed by atoms with Crippen molar-refractivity contribution in [2.75, 3.05) is 0 Å². The highest BCUT2D eigenvalue weighted by atomic mass is 31.1. The Balaban J connectivity index is 2.06. The Morgan fingerprint density at radius 2 is 1.32 bits per heavy atom. The molecule has 19 heavy (non-hydrogen) atoms. The summed E-state index contributed by atoms with van der Waals surface area (Å²) in [5.41, 5.74) is 0. The maximum Gasteiger partial charge on any atom is -0.00441 e. The fraction of sp³-hybridized carbons (Fsp3) is 0.0556. The third-order valence-electron chi connectivity index (χ3n) is 3.15. The summed E-state index contributed by atoms with van der Waals surface area (Å²) < 4.78 is 0. The van der Waals surface area contributed by atoms with Crippen molar-refractivity contribution in [3.8, 4) is 0 Å². The lowest BCUT2D eigenvalue weighted by Gasteiger charge is -2.22. The van der Waals surface area contributed by atoms with Crippen LogP contribution in [0.25, 0.3) is 0 Å². The summed E-state index contributed by atoms with van der Waals surface area (Å²) in [4.78, 5) is 0. The first-order valence-corrected chi connectivity index (χ1v) is 7.89. The van der Waals surface area contributed by atoms with Gasteiger partial charge in [0.2, 0.25) is 0 Å². The van der Waals surface area contributed by atoms with Crippen LogP contribution < -0.4 is 10.6 Å². The maximum absolute atomic E-state index is 2.35. The van der Waals surface area contributed by atoms with Crippen LogP contribution in [0.5, 0.6) is 0 Å². The van der Waals surface area contributed by atoms with Gasteiger partial charge in [-0.2, -0.15) is 0 Å².